The van der Waals surface area contributed by atoms with Crippen LogP contribution in [0.25, 0.3) is 0 Å². The summed E-state index contributed by atoms with van der Waals surface area (Å²) in [4.78, 5) is 0. The van der Waals surface area contributed by atoms with Crippen LogP contribution in [-0.2, 0) is 4.74 Å². The van der Waals surface area contributed by atoms with Gasteiger partial charge in [0.2, 0.25) is 0 Å². The Balaban J connectivity index is 1.64. The van der Waals surface area contributed by atoms with Crippen molar-refractivity contribution in [3.63, 3.8) is 0 Å². The lowest BCUT2D eigenvalue weighted by Crippen LogP contribution is -2.13. The highest BCUT2D eigenvalue weighted by atomic mass is 16.6. The van der Waals surface area contributed by atoms with Crippen molar-refractivity contribution < 1.29 is 9.84 Å². The second-order valence-electron chi connectivity index (χ2n) is 7.53. The SMILES string of the molecule is CCCCCCCCCCCCCCCCCCC(O)C1CO1. The molecule has 2 nitrogen and oxygen atoms in total. The molecular weight excluding hydrogens is 284 g/mol. The fraction of sp³-hybridized carbons (Fsp3) is 1.00. The molecule has 138 valence electrons. The lowest BCUT2D eigenvalue weighted by molar-refractivity contribution is 0.123. The number of epoxide rings is 1. The fourth-order valence-corrected chi connectivity index (χ4v) is 3.37. The van der Waals surface area contributed by atoms with Crippen molar-refractivity contribution in [1.82, 2.24) is 0 Å². The Morgan fingerprint density at radius 3 is 1.39 bits per heavy atom. The van der Waals surface area contributed by atoms with E-state index in [-0.39, 0.29) is 12.2 Å². The quantitative estimate of drug-likeness (QED) is 0.233. The Morgan fingerprint density at radius 1 is 0.696 bits per heavy atom. The maximum absolute atomic E-state index is 9.68. The Bertz CT molecular complexity index is 238. The summed E-state index contributed by atoms with van der Waals surface area (Å²) in [6.45, 7) is 3.06. The average Bonchev–Trinajstić information content (AvgIpc) is 3.39. The molecule has 1 N–H and O–H groups in total. The van der Waals surface area contributed by atoms with Gasteiger partial charge in [0.05, 0.1) is 12.7 Å². The zero-order chi connectivity index (χ0) is 16.6. The summed E-state index contributed by atoms with van der Waals surface area (Å²) in [5.74, 6) is 0. The Morgan fingerprint density at radius 2 is 1.04 bits per heavy atom. The predicted octanol–water partition coefficient (Wildman–Crippen LogP) is 6.40. The first-order valence-corrected chi connectivity index (χ1v) is 10.6. The molecule has 1 aliphatic heterocycles. The lowest BCUT2D eigenvalue weighted by atomic mass is 10.0. The molecule has 1 rings (SSSR count). The van der Waals surface area contributed by atoms with E-state index in [0.717, 1.165) is 13.0 Å². The molecule has 0 saturated carbocycles. The van der Waals surface area contributed by atoms with E-state index in [2.05, 4.69) is 6.92 Å². The van der Waals surface area contributed by atoms with Gasteiger partial charge in [0.25, 0.3) is 0 Å². The fourth-order valence-electron chi connectivity index (χ4n) is 3.37. The van der Waals surface area contributed by atoms with Crippen LogP contribution >= 0.6 is 0 Å². The largest absolute Gasteiger partial charge is 0.390 e. The van der Waals surface area contributed by atoms with Gasteiger partial charge in [0, 0.05) is 0 Å². The number of aliphatic hydroxyl groups is 1. The summed E-state index contributed by atoms with van der Waals surface area (Å²) in [5, 5.41) is 9.68. The van der Waals surface area contributed by atoms with Crippen molar-refractivity contribution in [1.29, 1.82) is 0 Å². The van der Waals surface area contributed by atoms with E-state index in [4.69, 9.17) is 4.74 Å². The number of ether oxygens (including phenoxy) is 1. The van der Waals surface area contributed by atoms with E-state index in [1.807, 2.05) is 0 Å². The normalized spacial score (nSPS) is 18.3. The third kappa shape index (κ3) is 14.0. The first-order valence-electron chi connectivity index (χ1n) is 10.6. The zero-order valence-corrected chi connectivity index (χ0v) is 15.7. The first-order chi connectivity index (χ1) is 11.3. The Labute approximate surface area is 145 Å². The summed E-state index contributed by atoms with van der Waals surface area (Å²) in [5.41, 5.74) is 0. The highest BCUT2D eigenvalue weighted by molar-refractivity contribution is 4.77. The maximum Gasteiger partial charge on any atom is 0.107 e. The molecule has 0 spiro atoms. The molecule has 0 aromatic heterocycles. The lowest BCUT2D eigenvalue weighted by Gasteiger charge is -2.06. The standard InChI is InChI=1S/C21H42O2/c1-2-3-4-5-6-7-8-9-10-11-12-13-14-15-16-17-18-20(22)21-19-23-21/h20-22H,2-19H2,1H3. The van der Waals surface area contributed by atoms with Crippen LogP contribution in [0.4, 0.5) is 0 Å². The molecule has 1 fully saturated rings. The molecule has 2 atom stereocenters. The van der Waals surface area contributed by atoms with Crippen molar-refractivity contribution >= 4 is 0 Å². The van der Waals surface area contributed by atoms with E-state index >= 15 is 0 Å². The summed E-state index contributed by atoms with van der Waals surface area (Å²) < 4.78 is 5.10. The van der Waals surface area contributed by atoms with Crippen LogP contribution < -0.4 is 0 Å². The maximum atomic E-state index is 9.68. The van der Waals surface area contributed by atoms with Crippen molar-refractivity contribution in [2.75, 3.05) is 6.61 Å². The minimum Gasteiger partial charge on any atom is -0.390 e. The molecule has 2 heteroatoms. The molecular formula is C21H42O2. The van der Waals surface area contributed by atoms with Crippen LogP contribution in [0.3, 0.4) is 0 Å². The molecule has 1 heterocycles. The second-order valence-corrected chi connectivity index (χ2v) is 7.53. The monoisotopic (exact) mass is 326 g/mol. The van der Waals surface area contributed by atoms with Gasteiger partial charge < -0.3 is 9.84 Å². The van der Waals surface area contributed by atoms with Crippen LogP contribution in [0.1, 0.15) is 116 Å². The molecule has 0 aromatic carbocycles. The Hall–Kier alpha value is -0.0800. The average molecular weight is 327 g/mol. The topological polar surface area (TPSA) is 32.8 Å². The summed E-state index contributed by atoms with van der Waals surface area (Å²) in [6.07, 6.45) is 23.3. The van der Waals surface area contributed by atoms with E-state index in [1.165, 1.54) is 103 Å². The number of rotatable bonds is 18. The van der Waals surface area contributed by atoms with Gasteiger partial charge in [0.1, 0.15) is 6.10 Å². The van der Waals surface area contributed by atoms with Crippen molar-refractivity contribution in [3.05, 3.63) is 0 Å². The second kappa shape index (κ2) is 15.4. The van der Waals surface area contributed by atoms with Gasteiger partial charge in [0.15, 0.2) is 0 Å². The van der Waals surface area contributed by atoms with E-state index in [1.54, 1.807) is 0 Å². The molecule has 0 amide bonds. The number of hydrogen-bond acceptors (Lipinski definition) is 2. The van der Waals surface area contributed by atoms with Gasteiger partial charge in [-0.1, -0.05) is 110 Å². The van der Waals surface area contributed by atoms with Crippen LogP contribution in [0.2, 0.25) is 0 Å². The third-order valence-electron chi connectivity index (χ3n) is 5.14. The third-order valence-corrected chi connectivity index (χ3v) is 5.14. The molecule has 0 radical (unpaired) electrons. The van der Waals surface area contributed by atoms with Crippen molar-refractivity contribution in [2.24, 2.45) is 0 Å². The number of aliphatic hydroxyl groups excluding tert-OH is 1. The highest BCUT2D eigenvalue weighted by Crippen LogP contribution is 2.19. The molecule has 1 aliphatic rings. The summed E-state index contributed by atoms with van der Waals surface area (Å²) in [7, 11) is 0. The molecule has 0 bridgehead atoms. The summed E-state index contributed by atoms with van der Waals surface area (Å²) >= 11 is 0. The van der Waals surface area contributed by atoms with E-state index in [9.17, 15) is 5.11 Å². The van der Waals surface area contributed by atoms with E-state index < -0.39 is 0 Å². The van der Waals surface area contributed by atoms with Crippen molar-refractivity contribution in [2.45, 2.75) is 128 Å². The molecule has 2 unspecified atom stereocenters. The van der Waals surface area contributed by atoms with Crippen LogP contribution in [0, 0.1) is 0 Å². The van der Waals surface area contributed by atoms with E-state index in [0.29, 0.717) is 0 Å². The first kappa shape index (κ1) is 21.0. The van der Waals surface area contributed by atoms with Crippen LogP contribution in [-0.4, -0.2) is 23.9 Å². The molecule has 1 saturated heterocycles. The minimum atomic E-state index is -0.193. The van der Waals surface area contributed by atoms with Gasteiger partial charge >= 0.3 is 0 Å². The molecule has 0 aromatic rings. The summed E-state index contributed by atoms with van der Waals surface area (Å²) in [6, 6.07) is 0. The smallest absolute Gasteiger partial charge is 0.107 e. The van der Waals surface area contributed by atoms with Gasteiger partial charge in [-0.3, -0.25) is 0 Å². The van der Waals surface area contributed by atoms with Gasteiger partial charge in [-0.25, -0.2) is 0 Å². The Kier molecular flexibility index (Phi) is 14.1. The van der Waals surface area contributed by atoms with Gasteiger partial charge in [-0.15, -0.1) is 0 Å². The van der Waals surface area contributed by atoms with Crippen LogP contribution in [0.5, 0.6) is 0 Å². The number of hydrogen-bond donors (Lipinski definition) is 1. The van der Waals surface area contributed by atoms with Gasteiger partial charge in [-0.05, 0) is 6.42 Å². The predicted molar refractivity (Wildman–Crippen MR) is 99.9 cm³/mol. The van der Waals surface area contributed by atoms with Crippen molar-refractivity contribution in [3.8, 4) is 0 Å². The minimum absolute atomic E-state index is 0.173. The number of unbranched alkanes of at least 4 members (excludes halogenated alkanes) is 15. The van der Waals surface area contributed by atoms with Crippen LogP contribution in [0.15, 0.2) is 0 Å². The molecule has 0 aliphatic carbocycles. The molecule has 23 heavy (non-hydrogen) atoms. The highest BCUT2D eigenvalue weighted by Gasteiger charge is 2.30. The zero-order valence-electron chi connectivity index (χ0n) is 15.7. The van der Waals surface area contributed by atoms with Gasteiger partial charge in [-0.2, -0.15) is 0 Å².